The minimum atomic E-state index is -1.75. The van der Waals surface area contributed by atoms with E-state index in [1.54, 1.807) is 108 Å². The Labute approximate surface area is 726 Å². The van der Waals surface area contributed by atoms with E-state index in [9.17, 15) is 84.2 Å². The third kappa shape index (κ3) is 26.1. The highest BCUT2D eigenvalue weighted by atomic mass is 19.2. The van der Waals surface area contributed by atoms with Crippen LogP contribution in [-0.2, 0) is 81.0 Å². The molecule has 3 atom stereocenters. The summed E-state index contributed by atoms with van der Waals surface area (Å²) in [5.41, 5.74) is 6.92. The summed E-state index contributed by atoms with van der Waals surface area (Å²) < 4.78 is 123. The Morgan fingerprint density at radius 1 is 0.417 bits per heavy atom. The van der Waals surface area contributed by atoms with Gasteiger partial charge in [-0.05, 0) is 163 Å². The van der Waals surface area contributed by atoms with Crippen LogP contribution < -0.4 is 75.4 Å². The zero-order valence-corrected chi connectivity index (χ0v) is 71.3. The molecule has 8 N–H and O–H groups in total. The summed E-state index contributed by atoms with van der Waals surface area (Å²) >= 11 is 0. The van der Waals surface area contributed by atoms with Crippen molar-refractivity contribution < 1.29 is 83.8 Å². The number of hydrogen-bond donors (Lipinski definition) is 6. The van der Waals surface area contributed by atoms with Crippen LogP contribution in [0.1, 0.15) is 93.9 Å². The van der Waals surface area contributed by atoms with E-state index in [0.29, 0.717) is 49.6 Å². The van der Waals surface area contributed by atoms with Gasteiger partial charge in [-0.2, -0.15) is 0 Å². The number of rotatable bonds is 26. The number of carbonyl (C=O) groups excluding carboxylic acids is 4. The van der Waals surface area contributed by atoms with Crippen molar-refractivity contribution in [2.45, 2.75) is 151 Å². The molecule has 674 valence electrons. The maximum atomic E-state index is 14.6. The van der Waals surface area contributed by atoms with Crippen LogP contribution in [-0.4, -0.2) is 120 Å². The lowest BCUT2D eigenvalue weighted by molar-refractivity contribution is -0.143. The number of amides is 3. The minimum absolute atomic E-state index is 0. The number of esters is 1. The van der Waals surface area contributed by atoms with Crippen LogP contribution in [0.3, 0.4) is 0 Å². The maximum absolute atomic E-state index is 14.6. The van der Waals surface area contributed by atoms with Gasteiger partial charge in [0.25, 0.3) is 16.7 Å². The zero-order chi connectivity index (χ0) is 92.8. The van der Waals surface area contributed by atoms with Crippen LogP contribution in [0.25, 0.3) is 33.4 Å². The van der Waals surface area contributed by atoms with Gasteiger partial charge in [-0.15, -0.1) is 0 Å². The first kappa shape index (κ1) is 99.8. The summed E-state index contributed by atoms with van der Waals surface area (Å²) in [5, 5.41) is 16.9. The number of halogens is 6. The van der Waals surface area contributed by atoms with Gasteiger partial charge in [0.1, 0.15) is 81.5 Å². The molecule has 0 spiro atoms. The van der Waals surface area contributed by atoms with Crippen LogP contribution in [0.2, 0.25) is 0 Å². The number of aromatic nitrogens is 6. The number of hydrogen-bond acceptors (Lipinski definition) is 19. The van der Waals surface area contributed by atoms with Gasteiger partial charge < -0.3 is 60.9 Å². The number of aliphatic carboxylic acids is 1. The molecule has 0 fully saturated rings. The average molecular weight is 1760 g/mol. The standard InChI is InChI=1S/C29H28F2N4O4.C28H31F2N3O7.C27H29F2N3O7.C7H9N.CH4/c1-18-26(20-10-6-11-21(14-20)39-2)28(37)35(17-25(32)27(36)33-15-19-8-4-3-5-9-19)29(38)34(18)16-22-23(30)12-7-13-24(22)31;1-16-23(17-9-7-10-18(13-17)38-5)24(34)33(15-22(25(35)39-6)31-26(36)40-28(2,3)4)27(37)32(16)14-19-20(29)11-8-12-21(19)30;1-15-22(16-8-6-9-17(12-16)38-5)23(33)32(14-21(24(34)35)30-25(36)39-27(2,3)4)26(37)31(15)13-18-19(28)10-7-11-20(18)29;8-6-7-4-2-1-3-5-7;/h3-14,25H,15-17,32H2,1-2H3,(H,33,36);7-13,22H,14-15H2,1-6H3,(H,31,36);6-12,21H,13-14H2,1-5H3,(H,30,36)(H,34,35);1-5H,6,8H2;1H4/t25-;22-;21-;;/m000../s1. The Morgan fingerprint density at radius 3 is 1.01 bits per heavy atom. The first-order chi connectivity index (χ1) is 59.6. The van der Waals surface area contributed by atoms with Crippen molar-refractivity contribution in [1.29, 1.82) is 0 Å². The van der Waals surface area contributed by atoms with Gasteiger partial charge in [0.2, 0.25) is 5.91 Å². The number of carboxylic acids is 1. The number of methoxy groups -OCH3 is 4. The first-order valence-corrected chi connectivity index (χ1v) is 39.0. The third-order valence-electron chi connectivity index (χ3n) is 19.3. The second-order valence-corrected chi connectivity index (χ2v) is 30.3. The van der Waals surface area contributed by atoms with Crippen LogP contribution in [0.4, 0.5) is 35.9 Å². The number of nitrogens with two attached hydrogens (primary N) is 2. The van der Waals surface area contributed by atoms with Crippen molar-refractivity contribution in [3.8, 4) is 50.6 Å². The highest BCUT2D eigenvalue weighted by Gasteiger charge is 2.33. The monoisotopic (exact) mass is 1760 g/mol. The second kappa shape index (κ2) is 44.8. The van der Waals surface area contributed by atoms with Gasteiger partial charge in [0.15, 0.2) is 0 Å². The number of alkyl carbamates (subject to hydrolysis) is 2. The normalized spacial score (nSPS) is 11.7. The van der Waals surface area contributed by atoms with E-state index in [-0.39, 0.29) is 53.3 Å². The smallest absolute Gasteiger partial charge is 0.408 e. The van der Waals surface area contributed by atoms with Crippen molar-refractivity contribution in [3.63, 3.8) is 0 Å². The van der Waals surface area contributed by atoms with Gasteiger partial charge in [-0.1, -0.05) is 123 Å². The summed E-state index contributed by atoms with van der Waals surface area (Å²) in [7, 11) is 5.41. The maximum Gasteiger partial charge on any atom is 0.408 e. The molecule has 0 aliphatic heterocycles. The van der Waals surface area contributed by atoms with Gasteiger partial charge >= 0.3 is 41.2 Å². The summed E-state index contributed by atoms with van der Waals surface area (Å²) in [4.78, 5) is 144. The third-order valence-corrected chi connectivity index (χ3v) is 19.3. The summed E-state index contributed by atoms with van der Waals surface area (Å²) in [6.45, 7) is 11.4. The summed E-state index contributed by atoms with van der Waals surface area (Å²) in [5.74, 6) is -7.03. The lowest BCUT2D eigenvalue weighted by Gasteiger charge is -2.24. The molecule has 0 saturated carbocycles. The van der Waals surface area contributed by atoms with Crippen LogP contribution in [0, 0.1) is 55.7 Å². The highest BCUT2D eigenvalue weighted by Crippen LogP contribution is 2.29. The molecule has 29 nitrogen and oxygen atoms in total. The molecule has 8 aromatic carbocycles. The van der Waals surface area contributed by atoms with Crippen LogP contribution >= 0.6 is 0 Å². The molecule has 3 amide bonds. The Kier molecular flexibility index (Phi) is 35.2. The highest BCUT2D eigenvalue weighted by molar-refractivity contribution is 5.82. The zero-order valence-electron chi connectivity index (χ0n) is 71.3. The fourth-order valence-electron chi connectivity index (χ4n) is 12.9. The molecule has 127 heavy (non-hydrogen) atoms. The molecule has 0 saturated heterocycles. The SMILES string of the molecule is C.COC(=O)[C@H](Cn1c(=O)c(-c2cccc(OC)c2)c(C)n(Cc2c(F)cccc2F)c1=O)NC(=O)OC(C)(C)C.COc1cccc(-c2c(C)n(Cc3c(F)cccc3F)c(=O)n(C[C@H](N)C(=O)NCc3ccccc3)c2=O)c1.COc1cccc(-c2c(C)n(Cc3c(F)cccc3F)c(=O)n(C[C@H](NC(=O)OC(C)(C)C)C(=O)O)c2=O)c1.NCc1ccccc1. The molecule has 0 bridgehead atoms. The number of carboxylic acid groups (broad SMARTS) is 1. The quantitative estimate of drug-likeness (QED) is 0.0167. The van der Waals surface area contributed by atoms with Crippen LogP contribution in [0.5, 0.6) is 17.2 Å². The second-order valence-electron chi connectivity index (χ2n) is 30.3. The molecule has 3 aromatic heterocycles. The number of ether oxygens (including phenoxy) is 6. The Morgan fingerprint density at radius 2 is 0.717 bits per heavy atom. The Hall–Kier alpha value is -14.4. The van der Waals surface area contributed by atoms with E-state index in [0.717, 1.165) is 67.3 Å². The lowest BCUT2D eigenvalue weighted by Crippen LogP contribution is -2.51. The molecule has 35 heteroatoms. The van der Waals surface area contributed by atoms with Crippen molar-refractivity contribution >= 4 is 30.0 Å². The van der Waals surface area contributed by atoms with Gasteiger partial charge in [-0.25, -0.2) is 59.9 Å². The van der Waals surface area contributed by atoms with Gasteiger partial charge in [0.05, 0.1) is 84.4 Å². The molecular formula is C92H101F6N11O18. The largest absolute Gasteiger partial charge is 0.497 e. The molecule has 0 radical (unpaired) electrons. The van der Waals surface area contributed by atoms with E-state index in [2.05, 4.69) is 16.0 Å². The predicted octanol–water partition coefficient (Wildman–Crippen LogP) is 11.4. The molecule has 11 aromatic rings. The van der Waals surface area contributed by atoms with Crippen molar-refractivity contribution in [1.82, 2.24) is 43.4 Å². The molecular weight excluding hydrogens is 1660 g/mol. The van der Waals surface area contributed by atoms with E-state index >= 15 is 0 Å². The van der Waals surface area contributed by atoms with E-state index in [1.807, 2.05) is 60.7 Å². The molecule has 0 unspecified atom stereocenters. The van der Waals surface area contributed by atoms with E-state index in [4.69, 9.17) is 39.9 Å². The lowest BCUT2D eigenvalue weighted by atomic mass is 10.0. The van der Waals surface area contributed by atoms with E-state index < -0.39 is 178 Å². The van der Waals surface area contributed by atoms with Crippen molar-refractivity contribution in [2.75, 3.05) is 28.4 Å². The number of benzene rings is 8. The van der Waals surface area contributed by atoms with E-state index in [1.165, 1.54) is 71.9 Å². The minimum Gasteiger partial charge on any atom is -0.497 e. The Balaban J connectivity index is 0.000000248. The molecule has 3 heterocycles. The number of carbonyl (C=O) groups is 5. The number of nitrogens with zero attached hydrogens (tertiary/aromatic N) is 6. The first-order valence-electron chi connectivity index (χ1n) is 39.0. The number of nitrogens with one attached hydrogen (secondary N) is 3. The predicted molar refractivity (Wildman–Crippen MR) is 465 cm³/mol. The molecule has 0 aliphatic carbocycles. The molecule has 11 rings (SSSR count). The fourth-order valence-corrected chi connectivity index (χ4v) is 12.9. The summed E-state index contributed by atoms with van der Waals surface area (Å²) in [6.07, 6.45) is -2.05. The Bertz CT molecular complexity index is 6100. The molecule has 0 aliphatic rings. The van der Waals surface area contributed by atoms with Crippen LogP contribution in [0.15, 0.2) is 217 Å². The average Bonchev–Trinajstić information content (AvgIpc) is 0.768. The summed E-state index contributed by atoms with van der Waals surface area (Å²) in [6, 6.07) is 44.0. The topological polar surface area (TPSA) is 381 Å². The van der Waals surface area contributed by atoms with Gasteiger partial charge in [-0.3, -0.25) is 46.6 Å². The van der Waals surface area contributed by atoms with Crippen molar-refractivity contribution in [3.05, 3.63) is 330 Å². The van der Waals surface area contributed by atoms with Crippen molar-refractivity contribution in [2.24, 2.45) is 11.5 Å². The van der Waals surface area contributed by atoms with Gasteiger partial charge in [0, 0.05) is 46.9 Å². The fraction of sp³-hybridized carbons (Fsp3) is 0.293.